The van der Waals surface area contributed by atoms with Gasteiger partial charge in [0.2, 0.25) is 0 Å². The summed E-state index contributed by atoms with van der Waals surface area (Å²) >= 11 is 3.24. The molecule has 20 heavy (non-hydrogen) atoms. The summed E-state index contributed by atoms with van der Waals surface area (Å²) in [6, 6.07) is 12.7. The van der Waals surface area contributed by atoms with Crippen LogP contribution in [0.1, 0.15) is 17.3 Å². The summed E-state index contributed by atoms with van der Waals surface area (Å²) in [6.07, 6.45) is 0. The number of sulfonamides is 1. The van der Waals surface area contributed by atoms with E-state index < -0.39 is 10.0 Å². The molecule has 0 radical (unpaired) electrons. The van der Waals surface area contributed by atoms with Gasteiger partial charge in [0, 0.05) is 15.7 Å². The number of Topliss-reactive ketones (excluding diaryl/α,β-unsaturated/α-hetero) is 1. The Morgan fingerprint density at radius 3 is 2.30 bits per heavy atom. The van der Waals surface area contributed by atoms with Crippen molar-refractivity contribution in [2.75, 3.05) is 4.72 Å². The van der Waals surface area contributed by atoms with E-state index in [1.807, 2.05) is 0 Å². The van der Waals surface area contributed by atoms with E-state index in [2.05, 4.69) is 20.7 Å². The van der Waals surface area contributed by atoms with Crippen LogP contribution in [0, 0.1) is 0 Å². The predicted molar refractivity (Wildman–Crippen MR) is 81.4 cm³/mol. The summed E-state index contributed by atoms with van der Waals surface area (Å²) in [7, 11) is -3.63. The molecule has 6 heteroatoms. The van der Waals surface area contributed by atoms with E-state index in [-0.39, 0.29) is 10.7 Å². The van der Waals surface area contributed by atoms with Crippen LogP contribution in [0.25, 0.3) is 0 Å². The molecule has 0 spiro atoms. The van der Waals surface area contributed by atoms with Crippen LogP contribution in [0.2, 0.25) is 0 Å². The number of benzene rings is 2. The Hall–Kier alpha value is -1.66. The molecule has 0 atom stereocenters. The molecule has 0 amide bonds. The molecule has 1 N–H and O–H groups in total. The molecular weight excluding hydrogens is 342 g/mol. The Kier molecular flexibility index (Phi) is 4.25. The fourth-order valence-electron chi connectivity index (χ4n) is 1.62. The minimum absolute atomic E-state index is 0.0635. The zero-order valence-corrected chi connectivity index (χ0v) is 13.0. The second-order valence-corrected chi connectivity index (χ2v) is 6.79. The van der Waals surface area contributed by atoms with Crippen molar-refractivity contribution in [3.05, 3.63) is 58.6 Å². The molecule has 0 unspecified atom stereocenters. The maximum absolute atomic E-state index is 12.2. The smallest absolute Gasteiger partial charge is 0.261 e. The second kappa shape index (κ2) is 5.76. The summed E-state index contributed by atoms with van der Waals surface area (Å²) in [6.45, 7) is 1.46. The van der Waals surface area contributed by atoms with Crippen LogP contribution >= 0.6 is 15.9 Å². The first-order chi connectivity index (χ1) is 9.38. The Bertz CT molecular complexity index is 739. The maximum atomic E-state index is 12.2. The van der Waals surface area contributed by atoms with E-state index in [0.29, 0.717) is 15.7 Å². The number of ketones is 1. The van der Waals surface area contributed by atoms with Crippen LogP contribution in [-0.2, 0) is 10.0 Å². The molecule has 2 aromatic rings. The van der Waals surface area contributed by atoms with Crippen LogP contribution in [-0.4, -0.2) is 14.2 Å². The SMILES string of the molecule is CC(=O)c1ccc(NS(=O)(=O)c2cccc(Br)c2)cc1. The molecule has 0 aromatic heterocycles. The van der Waals surface area contributed by atoms with Gasteiger partial charge in [-0.3, -0.25) is 9.52 Å². The highest BCUT2D eigenvalue weighted by Crippen LogP contribution is 2.20. The van der Waals surface area contributed by atoms with Crippen LogP contribution in [0.15, 0.2) is 57.9 Å². The third kappa shape index (κ3) is 3.46. The number of nitrogens with one attached hydrogen (secondary N) is 1. The second-order valence-electron chi connectivity index (χ2n) is 4.20. The summed E-state index contributed by atoms with van der Waals surface area (Å²) in [5.74, 6) is -0.0635. The zero-order chi connectivity index (χ0) is 14.8. The van der Waals surface area contributed by atoms with Gasteiger partial charge in [-0.1, -0.05) is 22.0 Å². The van der Waals surface area contributed by atoms with Gasteiger partial charge in [-0.05, 0) is 49.4 Å². The van der Waals surface area contributed by atoms with Crippen LogP contribution in [0.5, 0.6) is 0 Å². The number of carbonyl (C=O) groups excluding carboxylic acids is 1. The van der Waals surface area contributed by atoms with Crippen molar-refractivity contribution in [2.45, 2.75) is 11.8 Å². The van der Waals surface area contributed by atoms with Gasteiger partial charge in [0.1, 0.15) is 0 Å². The van der Waals surface area contributed by atoms with Crippen LogP contribution < -0.4 is 4.72 Å². The first-order valence-corrected chi connectivity index (χ1v) is 8.05. The first-order valence-electron chi connectivity index (χ1n) is 5.78. The summed E-state index contributed by atoms with van der Waals surface area (Å²) in [5.41, 5.74) is 0.949. The van der Waals surface area contributed by atoms with E-state index in [0.717, 1.165) is 0 Å². The van der Waals surface area contributed by atoms with E-state index in [9.17, 15) is 13.2 Å². The summed E-state index contributed by atoms with van der Waals surface area (Å²) in [4.78, 5) is 11.3. The van der Waals surface area contributed by atoms with E-state index in [1.165, 1.54) is 19.1 Å². The molecule has 104 valence electrons. The first kappa shape index (κ1) is 14.7. The molecule has 2 rings (SSSR count). The van der Waals surface area contributed by atoms with Gasteiger partial charge in [0.15, 0.2) is 5.78 Å². The Morgan fingerprint density at radius 2 is 1.75 bits per heavy atom. The minimum atomic E-state index is -3.63. The Morgan fingerprint density at radius 1 is 1.10 bits per heavy atom. The average Bonchev–Trinajstić information content (AvgIpc) is 2.39. The van der Waals surface area contributed by atoms with Crippen molar-refractivity contribution in [3.8, 4) is 0 Å². The molecule has 0 saturated carbocycles. The quantitative estimate of drug-likeness (QED) is 0.856. The van der Waals surface area contributed by atoms with Crippen molar-refractivity contribution in [1.29, 1.82) is 0 Å². The minimum Gasteiger partial charge on any atom is -0.295 e. The molecule has 4 nitrogen and oxygen atoms in total. The molecular formula is C14H12BrNO3S. The van der Waals surface area contributed by atoms with Crippen LogP contribution in [0.3, 0.4) is 0 Å². The van der Waals surface area contributed by atoms with Gasteiger partial charge < -0.3 is 0 Å². The van der Waals surface area contributed by atoms with Gasteiger partial charge in [-0.15, -0.1) is 0 Å². The molecule has 0 fully saturated rings. The van der Waals surface area contributed by atoms with Gasteiger partial charge in [0.05, 0.1) is 4.90 Å². The number of anilines is 1. The van der Waals surface area contributed by atoms with E-state index >= 15 is 0 Å². The number of halogens is 1. The monoisotopic (exact) mass is 353 g/mol. The lowest BCUT2D eigenvalue weighted by atomic mass is 10.1. The molecule has 0 saturated heterocycles. The predicted octanol–water partition coefficient (Wildman–Crippen LogP) is 3.45. The number of hydrogen-bond donors (Lipinski definition) is 1. The maximum Gasteiger partial charge on any atom is 0.261 e. The van der Waals surface area contributed by atoms with Gasteiger partial charge in [-0.25, -0.2) is 8.42 Å². The third-order valence-electron chi connectivity index (χ3n) is 2.65. The van der Waals surface area contributed by atoms with Crippen molar-refractivity contribution < 1.29 is 13.2 Å². The number of rotatable bonds is 4. The third-order valence-corrected chi connectivity index (χ3v) is 4.52. The average molecular weight is 354 g/mol. The Labute approximate surface area is 126 Å². The topological polar surface area (TPSA) is 63.2 Å². The Balaban J connectivity index is 2.26. The van der Waals surface area contributed by atoms with Crippen molar-refractivity contribution in [2.24, 2.45) is 0 Å². The molecule has 0 bridgehead atoms. The molecule has 2 aromatic carbocycles. The van der Waals surface area contributed by atoms with Crippen molar-refractivity contribution >= 4 is 37.4 Å². The van der Waals surface area contributed by atoms with Crippen molar-refractivity contribution in [3.63, 3.8) is 0 Å². The standard InChI is InChI=1S/C14H12BrNO3S/c1-10(17)11-5-7-13(8-6-11)16-20(18,19)14-4-2-3-12(15)9-14/h2-9,16H,1H3. The summed E-state index contributed by atoms with van der Waals surface area (Å²) < 4.78 is 27.5. The largest absolute Gasteiger partial charge is 0.295 e. The van der Waals surface area contributed by atoms with E-state index in [1.54, 1.807) is 36.4 Å². The van der Waals surface area contributed by atoms with Gasteiger partial charge >= 0.3 is 0 Å². The lowest BCUT2D eigenvalue weighted by Gasteiger charge is -2.08. The van der Waals surface area contributed by atoms with Crippen LogP contribution in [0.4, 0.5) is 5.69 Å². The lowest BCUT2D eigenvalue weighted by molar-refractivity contribution is 0.101. The van der Waals surface area contributed by atoms with Gasteiger partial charge in [-0.2, -0.15) is 0 Å². The molecule has 0 aliphatic carbocycles. The van der Waals surface area contributed by atoms with E-state index in [4.69, 9.17) is 0 Å². The highest BCUT2D eigenvalue weighted by molar-refractivity contribution is 9.10. The fourth-order valence-corrected chi connectivity index (χ4v) is 3.28. The molecule has 0 heterocycles. The molecule has 0 aliphatic heterocycles. The number of hydrogen-bond acceptors (Lipinski definition) is 3. The van der Waals surface area contributed by atoms with Gasteiger partial charge in [0.25, 0.3) is 10.0 Å². The highest BCUT2D eigenvalue weighted by atomic mass is 79.9. The zero-order valence-electron chi connectivity index (χ0n) is 10.6. The summed E-state index contributed by atoms with van der Waals surface area (Å²) in [5, 5.41) is 0. The van der Waals surface area contributed by atoms with Crippen molar-refractivity contribution in [1.82, 2.24) is 0 Å². The fraction of sp³-hybridized carbons (Fsp3) is 0.0714. The normalized spacial score (nSPS) is 11.1. The molecule has 0 aliphatic rings. The number of carbonyl (C=O) groups is 1. The lowest BCUT2D eigenvalue weighted by Crippen LogP contribution is -2.12. The highest BCUT2D eigenvalue weighted by Gasteiger charge is 2.14.